The van der Waals surface area contributed by atoms with Crippen molar-refractivity contribution in [2.75, 3.05) is 19.4 Å². The normalized spacial score (nSPS) is 19.7. The molecule has 1 aromatic rings. The zero-order valence-electron chi connectivity index (χ0n) is 11.2. The van der Waals surface area contributed by atoms with Gasteiger partial charge in [-0.05, 0) is 25.0 Å². The van der Waals surface area contributed by atoms with E-state index in [1.807, 2.05) is 0 Å². The number of nitrogens with zero attached hydrogens (tertiary/aromatic N) is 1. The van der Waals surface area contributed by atoms with Crippen LogP contribution < -0.4 is 5.73 Å². The Morgan fingerprint density at radius 3 is 2.81 bits per heavy atom. The van der Waals surface area contributed by atoms with E-state index in [1.165, 1.54) is 7.11 Å². The molecule has 0 aliphatic carbocycles. The van der Waals surface area contributed by atoms with Crippen LogP contribution in [0.1, 0.15) is 12.8 Å². The highest BCUT2D eigenvalue weighted by atomic mass is 35.5. The summed E-state index contributed by atoms with van der Waals surface area (Å²) in [6.45, 7) is 0.162. The summed E-state index contributed by atoms with van der Waals surface area (Å²) in [6, 6.07) is 0.898. The molecule has 1 heterocycles. The fourth-order valence-corrected chi connectivity index (χ4v) is 4.44. The first kappa shape index (κ1) is 16.0. The van der Waals surface area contributed by atoms with Gasteiger partial charge < -0.3 is 10.5 Å². The number of sulfonamides is 1. The number of carbonyl (C=O) groups is 1. The molecule has 1 aliphatic rings. The molecule has 0 spiro atoms. The summed E-state index contributed by atoms with van der Waals surface area (Å²) in [6.07, 6.45) is 0.882. The number of rotatable bonds is 3. The van der Waals surface area contributed by atoms with Crippen LogP contribution in [-0.4, -0.2) is 38.4 Å². The molecule has 6 nitrogen and oxygen atoms in total. The van der Waals surface area contributed by atoms with Crippen LogP contribution in [0.3, 0.4) is 0 Å². The van der Waals surface area contributed by atoms with Gasteiger partial charge in [0.05, 0.1) is 17.8 Å². The van der Waals surface area contributed by atoms with Gasteiger partial charge in [-0.2, -0.15) is 4.31 Å². The number of esters is 1. The standard InChI is InChI=1S/C12H14ClFN2O4S/c1-20-12(17)10-3-2-4-16(10)21(18,19)11-6-9(15)8(14)5-7(11)13/h5-6,10H,2-4,15H2,1H3. The minimum absolute atomic E-state index is 0.162. The van der Waals surface area contributed by atoms with Gasteiger partial charge in [0.15, 0.2) is 0 Å². The number of hydrogen-bond donors (Lipinski definition) is 1. The number of halogens is 2. The molecule has 1 unspecified atom stereocenters. The monoisotopic (exact) mass is 336 g/mol. The van der Waals surface area contributed by atoms with Crippen molar-refractivity contribution < 1.29 is 22.3 Å². The lowest BCUT2D eigenvalue weighted by atomic mass is 10.2. The Morgan fingerprint density at radius 2 is 2.19 bits per heavy atom. The largest absolute Gasteiger partial charge is 0.468 e. The second kappa shape index (κ2) is 5.78. The molecule has 2 N–H and O–H groups in total. The van der Waals surface area contributed by atoms with Crippen LogP contribution in [0.15, 0.2) is 17.0 Å². The van der Waals surface area contributed by atoms with E-state index in [1.54, 1.807) is 0 Å². The molecule has 116 valence electrons. The van der Waals surface area contributed by atoms with Crippen molar-refractivity contribution in [2.24, 2.45) is 0 Å². The summed E-state index contributed by atoms with van der Waals surface area (Å²) < 4.78 is 44.1. The van der Waals surface area contributed by atoms with E-state index >= 15 is 0 Å². The number of benzene rings is 1. The van der Waals surface area contributed by atoms with E-state index in [9.17, 15) is 17.6 Å². The molecule has 0 saturated carbocycles. The van der Waals surface area contributed by atoms with Crippen molar-refractivity contribution in [1.82, 2.24) is 4.31 Å². The second-order valence-corrected chi connectivity index (χ2v) is 6.87. The summed E-state index contributed by atoms with van der Waals surface area (Å²) in [7, 11) is -2.87. The molecule has 1 fully saturated rings. The second-order valence-electron chi connectivity index (χ2n) is 4.60. The summed E-state index contributed by atoms with van der Waals surface area (Å²) >= 11 is 5.81. The molecule has 1 aliphatic heterocycles. The van der Waals surface area contributed by atoms with Gasteiger partial charge in [-0.1, -0.05) is 11.6 Å². The molecular weight excluding hydrogens is 323 g/mol. The molecule has 0 radical (unpaired) electrons. The lowest BCUT2D eigenvalue weighted by Crippen LogP contribution is -2.41. The summed E-state index contributed by atoms with van der Waals surface area (Å²) in [4.78, 5) is 11.3. The van der Waals surface area contributed by atoms with E-state index in [2.05, 4.69) is 4.74 Å². The quantitative estimate of drug-likeness (QED) is 0.665. The molecule has 0 bridgehead atoms. The maximum absolute atomic E-state index is 13.3. The minimum atomic E-state index is -4.06. The van der Waals surface area contributed by atoms with Crippen LogP contribution in [0.25, 0.3) is 0 Å². The Bertz CT molecular complexity index is 680. The van der Waals surface area contributed by atoms with Gasteiger partial charge >= 0.3 is 5.97 Å². The molecule has 1 saturated heterocycles. The van der Waals surface area contributed by atoms with Gasteiger partial charge in [-0.25, -0.2) is 12.8 Å². The highest BCUT2D eigenvalue weighted by Gasteiger charge is 2.41. The van der Waals surface area contributed by atoms with E-state index < -0.39 is 27.9 Å². The molecule has 1 atom stereocenters. The van der Waals surface area contributed by atoms with Gasteiger partial charge in [-0.3, -0.25) is 4.79 Å². The van der Waals surface area contributed by atoms with Crippen LogP contribution in [0.2, 0.25) is 5.02 Å². The van der Waals surface area contributed by atoms with Gasteiger partial charge in [0.1, 0.15) is 16.8 Å². The smallest absolute Gasteiger partial charge is 0.324 e. The van der Waals surface area contributed by atoms with Crippen LogP contribution in [0.4, 0.5) is 10.1 Å². The van der Waals surface area contributed by atoms with Crippen LogP contribution >= 0.6 is 11.6 Å². The van der Waals surface area contributed by atoms with E-state index in [-0.39, 0.29) is 22.2 Å². The molecule has 0 aromatic heterocycles. The first-order chi connectivity index (χ1) is 9.78. The van der Waals surface area contributed by atoms with Crippen molar-refractivity contribution in [3.05, 3.63) is 23.0 Å². The summed E-state index contributed by atoms with van der Waals surface area (Å²) in [5, 5.41) is -0.280. The highest BCUT2D eigenvalue weighted by Crippen LogP contribution is 2.32. The predicted molar refractivity (Wildman–Crippen MR) is 74.8 cm³/mol. The average molecular weight is 337 g/mol. The third-order valence-electron chi connectivity index (χ3n) is 3.31. The third kappa shape index (κ3) is 2.83. The summed E-state index contributed by atoms with van der Waals surface area (Å²) in [5.74, 6) is -1.44. The third-order valence-corrected chi connectivity index (χ3v) is 5.69. The molecule has 21 heavy (non-hydrogen) atoms. The van der Waals surface area contributed by atoms with Gasteiger partial charge in [0, 0.05) is 6.54 Å². The Hall–Kier alpha value is -1.38. The van der Waals surface area contributed by atoms with Crippen LogP contribution in [-0.2, 0) is 19.6 Å². The number of carbonyl (C=O) groups excluding carboxylic acids is 1. The first-order valence-corrected chi connectivity index (χ1v) is 7.95. The SMILES string of the molecule is COC(=O)C1CCCN1S(=O)(=O)c1cc(N)c(F)cc1Cl. The number of nitrogens with two attached hydrogens (primary N) is 1. The highest BCUT2D eigenvalue weighted by molar-refractivity contribution is 7.89. The number of nitrogen functional groups attached to an aromatic ring is 1. The molecule has 0 amide bonds. The number of ether oxygens (including phenoxy) is 1. The Labute approximate surface area is 126 Å². The van der Waals surface area contributed by atoms with Crippen LogP contribution in [0, 0.1) is 5.82 Å². The number of methoxy groups -OCH3 is 1. The molecular formula is C12H14ClFN2O4S. The lowest BCUT2D eigenvalue weighted by Gasteiger charge is -2.22. The zero-order valence-corrected chi connectivity index (χ0v) is 12.7. The minimum Gasteiger partial charge on any atom is -0.468 e. The lowest BCUT2D eigenvalue weighted by molar-refractivity contribution is -0.144. The van der Waals surface area contributed by atoms with Gasteiger partial charge in [0.25, 0.3) is 0 Å². The number of anilines is 1. The maximum Gasteiger partial charge on any atom is 0.324 e. The average Bonchev–Trinajstić information content (AvgIpc) is 2.91. The zero-order chi connectivity index (χ0) is 15.8. The van der Waals surface area contributed by atoms with Crippen LogP contribution in [0.5, 0.6) is 0 Å². The summed E-state index contributed by atoms with van der Waals surface area (Å²) in [5.41, 5.74) is 5.07. The predicted octanol–water partition coefficient (Wildman–Crippen LogP) is 1.39. The van der Waals surface area contributed by atoms with Crippen molar-refractivity contribution >= 4 is 33.3 Å². The molecule has 1 aromatic carbocycles. The van der Waals surface area contributed by atoms with E-state index in [0.29, 0.717) is 12.8 Å². The fraction of sp³-hybridized carbons (Fsp3) is 0.417. The van der Waals surface area contributed by atoms with Gasteiger partial charge in [-0.15, -0.1) is 0 Å². The fourth-order valence-electron chi connectivity index (χ4n) is 2.27. The van der Waals surface area contributed by atoms with Gasteiger partial charge in [0.2, 0.25) is 10.0 Å². The topological polar surface area (TPSA) is 89.7 Å². The number of hydrogen-bond acceptors (Lipinski definition) is 5. The molecule has 2 rings (SSSR count). The Balaban J connectivity index is 2.47. The molecule has 9 heteroatoms. The Kier molecular flexibility index (Phi) is 4.40. The van der Waals surface area contributed by atoms with E-state index in [0.717, 1.165) is 16.4 Å². The Morgan fingerprint density at radius 1 is 1.52 bits per heavy atom. The van der Waals surface area contributed by atoms with E-state index in [4.69, 9.17) is 17.3 Å². The van der Waals surface area contributed by atoms with Crippen molar-refractivity contribution in [3.63, 3.8) is 0 Å². The maximum atomic E-state index is 13.3. The van der Waals surface area contributed by atoms with Crippen molar-refractivity contribution in [2.45, 2.75) is 23.8 Å². The first-order valence-electron chi connectivity index (χ1n) is 6.13. The van der Waals surface area contributed by atoms with Crippen molar-refractivity contribution in [3.8, 4) is 0 Å². The van der Waals surface area contributed by atoms with Crippen molar-refractivity contribution in [1.29, 1.82) is 0 Å².